The molecule has 0 unspecified atom stereocenters. The molecule has 0 atom stereocenters. The van der Waals surface area contributed by atoms with E-state index in [0.29, 0.717) is 5.69 Å². The Morgan fingerprint density at radius 1 is 1.17 bits per heavy atom. The van der Waals surface area contributed by atoms with E-state index in [9.17, 15) is 4.79 Å². The van der Waals surface area contributed by atoms with Gasteiger partial charge in [0.25, 0.3) is 5.91 Å². The highest BCUT2D eigenvalue weighted by Crippen LogP contribution is 2.34. The average Bonchev–Trinajstić information content (AvgIpc) is 3.02. The average molecular weight is 383 g/mol. The Kier molecular flexibility index (Phi) is 5.12. The fourth-order valence-electron chi connectivity index (χ4n) is 1.73. The van der Waals surface area contributed by atoms with Crippen molar-refractivity contribution in [3.8, 4) is 0 Å². The van der Waals surface area contributed by atoms with Crippen LogP contribution in [0.15, 0.2) is 51.1 Å². The van der Waals surface area contributed by atoms with E-state index in [1.54, 1.807) is 11.6 Å². The number of hydrogen-bond donors (Lipinski definition) is 1. The minimum Gasteiger partial charge on any atom is -0.321 e. The van der Waals surface area contributed by atoms with Gasteiger partial charge < -0.3 is 5.32 Å². The van der Waals surface area contributed by atoms with Gasteiger partial charge >= 0.3 is 0 Å². The number of para-hydroxylation sites is 1. The Labute approximate surface area is 150 Å². The van der Waals surface area contributed by atoms with Crippen LogP contribution in [-0.2, 0) is 0 Å². The third-order valence-corrected chi connectivity index (χ3v) is 5.08. The van der Waals surface area contributed by atoms with Gasteiger partial charge in [0.15, 0.2) is 4.34 Å². The molecule has 9 heteroatoms. The number of carbonyl (C=O) groups excluding carboxylic acids is 1. The second kappa shape index (κ2) is 7.27. The van der Waals surface area contributed by atoms with Gasteiger partial charge in [-0.05, 0) is 24.3 Å². The Balaban J connectivity index is 1.83. The second-order valence-corrected chi connectivity index (χ2v) is 7.10. The number of anilines is 1. The number of aromatic nitrogens is 3. The van der Waals surface area contributed by atoms with Crippen molar-refractivity contribution < 1.29 is 4.79 Å². The molecule has 1 aromatic carbocycles. The Morgan fingerprint density at radius 2 is 2.00 bits per heavy atom. The minimum absolute atomic E-state index is 0.0595. The van der Waals surface area contributed by atoms with Crippen molar-refractivity contribution in [3.63, 3.8) is 0 Å². The van der Waals surface area contributed by atoms with Crippen molar-refractivity contribution in [2.45, 2.75) is 9.24 Å². The monoisotopic (exact) mass is 382 g/mol. The van der Waals surface area contributed by atoms with Gasteiger partial charge in [0, 0.05) is 4.90 Å². The van der Waals surface area contributed by atoms with Gasteiger partial charge in [0.2, 0.25) is 0 Å². The molecule has 0 spiro atoms. The van der Waals surface area contributed by atoms with E-state index in [2.05, 4.69) is 20.5 Å². The maximum Gasteiger partial charge on any atom is 0.258 e. The summed E-state index contributed by atoms with van der Waals surface area (Å²) in [7, 11) is 0. The minimum atomic E-state index is -0.357. The van der Waals surface area contributed by atoms with Crippen molar-refractivity contribution in [2.24, 2.45) is 0 Å². The zero-order valence-corrected chi connectivity index (χ0v) is 14.5. The number of benzene rings is 1. The molecule has 2 aromatic heterocycles. The van der Waals surface area contributed by atoms with Crippen LogP contribution in [0.4, 0.5) is 5.69 Å². The van der Waals surface area contributed by atoms with Crippen LogP contribution in [0.5, 0.6) is 0 Å². The van der Waals surface area contributed by atoms with Crippen molar-refractivity contribution in [2.75, 3.05) is 5.32 Å². The number of nitrogens with zero attached hydrogens (tertiary/aromatic N) is 3. The van der Waals surface area contributed by atoms with E-state index in [4.69, 9.17) is 23.2 Å². The fraction of sp³-hybridized carbons (Fsp3) is 0. The highest BCUT2D eigenvalue weighted by molar-refractivity contribution is 8.01. The molecule has 0 aliphatic carbocycles. The van der Waals surface area contributed by atoms with Crippen molar-refractivity contribution in [1.82, 2.24) is 15.2 Å². The molecular weight excluding hydrogens is 375 g/mol. The van der Waals surface area contributed by atoms with Gasteiger partial charge in [0.05, 0.1) is 11.3 Å². The second-order valence-electron chi connectivity index (χ2n) is 4.23. The van der Waals surface area contributed by atoms with Crippen molar-refractivity contribution >= 4 is 57.9 Å². The third kappa shape index (κ3) is 4.00. The zero-order valence-electron chi connectivity index (χ0n) is 11.4. The Morgan fingerprint density at radius 3 is 2.74 bits per heavy atom. The van der Waals surface area contributed by atoms with Crippen LogP contribution >= 0.6 is 46.3 Å². The maximum absolute atomic E-state index is 12.4. The van der Waals surface area contributed by atoms with Crippen LogP contribution in [0.2, 0.25) is 10.3 Å². The third-order valence-electron chi connectivity index (χ3n) is 2.73. The largest absolute Gasteiger partial charge is 0.321 e. The SMILES string of the molecule is O=C(Nc1ccccc1Sc1nncs1)c1ccc(Cl)nc1Cl. The molecule has 0 aliphatic rings. The first-order valence-corrected chi connectivity index (χ1v) is 8.75. The summed E-state index contributed by atoms with van der Waals surface area (Å²) in [6.07, 6.45) is 0. The highest BCUT2D eigenvalue weighted by Gasteiger charge is 2.14. The lowest BCUT2D eigenvalue weighted by Gasteiger charge is -2.10. The van der Waals surface area contributed by atoms with Crippen LogP contribution in [0.1, 0.15) is 10.4 Å². The number of carbonyl (C=O) groups is 1. The number of amides is 1. The quantitative estimate of drug-likeness (QED) is 0.665. The van der Waals surface area contributed by atoms with Crippen LogP contribution in [0.25, 0.3) is 0 Å². The predicted molar refractivity (Wildman–Crippen MR) is 92.7 cm³/mol. The van der Waals surface area contributed by atoms with Crippen LogP contribution in [0.3, 0.4) is 0 Å². The predicted octanol–water partition coefficient (Wildman–Crippen LogP) is 4.64. The van der Waals surface area contributed by atoms with Gasteiger partial charge in [-0.1, -0.05) is 58.4 Å². The molecule has 0 aliphatic heterocycles. The first-order valence-electron chi connectivity index (χ1n) is 6.30. The van der Waals surface area contributed by atoms with E-state index in [-0.39, 0.29) is 21.8 Å². The number of rotatable bonds is 4. The molecule has 5 nitrogen and oxygen atoms in total. The molecule has 2 heterocycles. The first kappa shape index (κ1) is 16.2. The summed E-state index contributed by atoms with van der Waals surface area (Å²) in [6.45, 7) is 0. The lowest BCUT2D eigenvalue weighted by Crippen LogP contribution is -2.13. The zero-order chi connectivity index (χ0) is 16.2. The van der Waals surface area contributed by atoms with Crippen LogP contribution in [-0.4, -0.2) is 21.1 Å². The summed E-state index contributed by atoms with van der Waals surface area (Å²) < 4.78 is 0.790. The van der Waals surface area contributed by atoms with Gasteiger partial charge in [-0.3, -0.25) is 4.79 Å². The lowest BCUT2D eigenvalue weighted by molar-refractivity contribution is 0.102. The molecule has 1 amide bonds. The Bertz CT molecular complexity index is 843. The highest BCUT2D eigenvalue weighted by atomic mass is 35.5. The summed E-state index contributed by atoms with van der Waals surface area (Å²) in [6, 6.07) is 10.5. The first-order chi connectivity index (χ1) is 11.1. The molecule has 116 valence electrons. The molecule has 0 saturated heterocycles. The molecule has 23 heavy (non-hydrogen) atoms. The fourth-order valence-corrected chi connectivity index (χ4v) is 3.68. The summed E-state index contributed by atoms with van der Waals surface area (Å²) in [5.41, 5.74) is 2.57. The topological polar surface area (TPSA) is 67.8 Å². The lowest BCUT2D eigenvalue weighted by atomic mass is 10.2. The normalized spacial score (nSPS) is 10.5. The van der Waals surface area contributed by atoms with Crippen molar-refractivity contribution in [1.29, 1.82) is 0 Å². The number of hydrogen-bond acceptors (Lipinski definition) is 6. The molecule has 3 aromatic rings. The van der Waals surface area contributed by atoms with E-state index >= 15 is 0 Å². The summed E-state index contributed by atoms with van der Waals surface area (Å²) in [5.74, 6) is -0.357. The number of halogens is 2. The van der Waals surface area contributed by atoms with Crippen LogP contribution < -0.4 is 5.32 Å². The van der Waals surface area contributed by atoms with E-state index < -0.39 is 0 Å². The molecule has 0 bridgehead atoms. The Hall–Kier alpha value is -1.67. The smallest absolute Gasteiger partial charge is 0.258 e. The van der Waals surface area contributed by atoms with E-state index in [1.807, 2.05) is 18.2 Å². The molecule has 0 saturated carbocycles. The van der Waals surface area contributed by atoms with Gasteiger partial charge in [-0.15, -0.1) is 10.2 Å². The van der Waals surface area contributed by atoms with Crippen molar-refractivity contribution in [3.05, 3.63) is 57.8 Å². The van der Waals surface area contributed by atoms with Gasteiger partial charge in [-0.2, -0.15) is 0 Å². The standard InChI is InChI=1S/C14H8Cl2N4OS2/c15-11-6-5-8(12(16)19-11)13(21)18-9-3-1-2-4-10(9)23-14-20-17-7-22-14/h1-7H,(H,18,21). The summed E-state index contributed by atoms with van der Waals surface area (Å²) in [4.78, 5) is 17.1. The summed E-state index contributed by atoms with van der Waals surface area (Å²) in [5, 5.41) is 10.9. The molecule has 0 radical (unpaired) electrons. The maximum atomic E-state index is 12.4. The summed E-state index contributed by atoms with van der Waals surface area (Å²) >= 11 is 14.6. The molecule has 3 rings (SSSR count). The molecule has 0 fully saturated rings. The number of nitrogens with one attached hydrogen (secondary N) is 1. The molecular formula is C14H8Cl2N4OS2. The van der Waals surface area contributed by atoms with E-state index in [0.717, 1.165) is 9.24 Å². The van der Waals surface area contributed by atoms with Crippen LogP contribution in [0, 0.1) is 0 Å². The molecule has 1 N–H and O–H groups in total. The van der Waals surface area contributed by atoms with E-state index in [1.165, 1.54) is 35.2 Å². The number of pyridine rings is 1. The van der Waals surface area contributed by atoms with Gasteiger partial charge in [0.1, 0.15) is 15.8 Å². The van der Waals surface area contributed by atoms with Gasteiger partial charge in [-0.25, -0.2) is 4.98 Å².